The first-order valence-corrected chi connectivity index (χ1v) is 6.30. The van der Waals surface area contributed by atoms with E-state index < -0.39 is 11.9 Å². The van der Waals surface area contributed by atoms with Crippen molar-refractivity contribution in [2.24, 2.45) is 5.73 Å². The van der Waals surface area contributed by atoms with Crippen molar-refractivity contribution in [2.75, 3.05) is 18.0 Å². The van der Waals surface area contributed by atoms with Crippen LogP contribution in [-0.2, 0) is 4.74 Å². The molecule has 1 saturated heterocycles. The molecule has 1 aromatic heterocycles. The molecule has 1 aliphatic rings. The zero-order valence-corrected chi connectivity index (χ0v) is 10.7. The Morgan fingerprint density at radius 3 is 2.70 bits per heavy atom. The Bertz CT molecular complexity index is 627. The summed E-state index contributed by atoms with van der Waals surface area (Å²) >= 11 is 0. The molecule has 0 bridgehead atoms. The van der Waals surface area contributed by atoms with E-state index in [9.17, 15) is 9.18 Å². The summed E-state index contributed by atoms with van der Waals surface area (Å²) in [7, 11) is 0. The highest BCUT2D eigenvalue weighted by Crippen LogP contribution is 2.25. The predicted octanol–water partition coefficient (Wildman–Crippen LogP) is 1.90. The third kappa shape index (κ3) is 2.14. The minimum atomic E-state index is -0.492. The monoisotopic (exact) mass is 275 g/mol. The Morgan fingerprint density at radius 2 is 2.10 bits per heavy atom. The van der Waals surface area contributed by atoms with Gasteiger partial charge in [0.15, 0.2) is 0 Å². The number of halogens is 1. The molecule has 5 nitrogen and oxygen atoms in total. The Balaban J connectivity index is 1.89. The number of nitrogens with zero attached hydrogens (tertiary/aromatic N) is 2. The quantitative estimate of drug-likeness (QED) is 0.930. The van der Waals surface area contributed by atoms with E-state index in [1.807, 2.05) is 12.1 Å². The molecule has 104 valence electrons. The maximum Gasteiger partial charge on any atom is 0.414 e. The molecule has 0 saturated carbocycles. The molecule has 0 aliphatic carbocycles. The Morgan fingerprint density at radius 1 is 1.35 bits per heavy atom. The Hall–Kier alpha value is -2.34. The first kappa shape index (κ1) is 12.7. The molecule has 1 aromatic carbocycles. The lowest BCUT2D eigenvalue weighted by Gasteiger charge is -2.14. The molecule has 0 radical (unpaired) electrons. The van der Waals surface area contributed by atoms with Crippen molar-refractivity contribution in [1.82, 2.24) is 4.57 Å². The number of ether oxygens (including phenoxy) is 1. The van der Waals surface area contributed by atoms with Gasteiger partial charge in [-0.25, -0.2) is 9.18 Å². The average Bonchev–Trinajstić information content (AvgIpc) is 3.07. The van der Waals surface area contributed by atoms with Crippen LogP contribution in [0.25, 0.3) is 5.69 Å². The van der Waals surface area contributed by atoms with Crippen molar-refractivity contribution < 1.29 is 13.9 Å². The second-order valence-electron chi connectivity index (χ2n) is 4.58. The molecular formula is C14H14FN3O2. The standard InChI is InChI=1S/C14H14FN3O2/c15-12-7-10(18-9-11(8-16)20-14(18)19)3-4-13(12)17-5-1-2-6-17/h1-7,11H,8-9,16H2. The van der Waals surface area contributed by atoms with Gasteiger partial charge in [-0.2, -0.15) is 0 Å². The van der Waals surface area contributed by atoms with Gasteiger partial charge in [-0.1, -0.05) is 0 Å². The van der Waals surface area contributed by atoms with Crippen molar-refractivity contribution in [1.29, 1.82) is 0 Å². The van der Waals surface area contributed by atoms with Crippen LogP contribution in [-0.4, -0.2) is 29.9 Å². The SMILES string of the molecule is NCC1CN(c2ccc(-n3cccc3)c(F)c2)C(=O)O1. The van der Waals surface area contributed by atoms with E-state index in [2.05, 4.69) is 0 Å². The molecule has 6 heteroatoms. The van der Waals surface area contributed by atoms with Crippen LogP contribution >= 0.6 is 0 Å². The number of carbonyl (C=O) groups is 1. The van der Waals surface area contributed by atoms with E-state index in [0.29, 0.717) is 17.9 Å². The molecule has 1 amide bonds. The highest BCUT2D eigenvalue weighted by atomic mass is 19.1. The van der Waals surface area contributed by atoms with Gasteiger partial charge >= 0.3 is 6.09 Å². The van der Waals surface area contributed by atoms with Crippen molar-refractivity contribution in [3.63, 3.8) is 0 Å². The number of amides is 1. The molecule has 2 N–H and O–H groups in total. The van der Waals surface area contributed by atoms with Gasteiger partial charge < -0.3 is 15.0 Å². The Kier molecular flexibility index (Phi) is 3.15. The maximum atomic E-state index is 14.1. The van der Waals surface area contributed by atoms with Crippen molar-refractivity contribution in [3.8, 4) is 5.69 Å². The molecule has 1 aliphatic heterocycles. The van der Waals surface area contributed by atoms with Crippen LogP contribution in [0.1, 0.15) is 0 Å². The van der Waals surface area contributed by atoms with Gasteiger partial charge in [-0.15, -0.1) is 0 Å². The third-order valence-corrected chi connectivity index (χ3v) is 3.26. The van der Waals surface area contributed by atoms with Gasteiger partial charge in [0.1, 0.15) is 11.9 Å². The fourth-order valence-corrected chi connectivity index (χ4v) is 2.22. The topological polar surface area (TPSA) is 60.5 Å². The summed E-state index contributed by atoms with van der Waals surface area (Å²) in [6, 6.07) is 8.29. The van der Waals surface area contributed by atoms with Crippen LogP contribution < -0.4 is 10.6 Å². The van der Waals surface area contributed by atoms with Crippen LogP contribution in [0.4, 0.5) is 14.9 Å². The summed E-state index contributed by atoms with van der Waals surface area (Å²) in [6.07, 6.45) is 2.68. The first-order chi connectivity index (χ1) is 9.69. The van der Waals surface area contributed by atoms with E-state index >= 15 is 0 Å². The maximum absolute atomic E-state index is 14.1. The molecule has 20 heavy (non-hydrogen) atoms. The molecule has 1 atom stereocenters. The lowest BCUT2D eigenvalue weighted by Crippen LogP contribution is -2.27. The molecular weight excluding hydrogens is 261 g/mol. The van der Waals surface area contributed by atoms with Crippen LogP contribution in [0, 0.1) is 5.82 Å². The van der Waals surface area contributed by atoms with Crippen molar-refractivity contribution in [3.05, 3.63) is 48.5 Å². The molecule has 1 fully saturated rings. The summed E-state index contributed by atoms with van der Waals surface area (Å²) in [5, 5.41) is 0. The lowest BCUT2D eigenvalue weighted by atomic mass is 10.2. The zero-order chi connectivity index (χ0) is 14.1. The minimum Gasteiger partial charge on any atom is -0.443 e. The summed E-state index contributed by atoms with van der Waals surface area (Å²) in [4.78, 5) is 13.1. The predicted molar refractivity (Wildman–Crippen MR) is 72.4 cm³/mol. The highest BCUT2D eigenvalue weighted by molar-refractivity contribution is 5.89. The largest absolute Gasteiger partial charge is 0.443 e. The first-order valence-electron chi connectivity index (χ1n) is 6.30. The normalized spacial score (nSPS) is 18.4. The smallest absolute Gasteiger partial charge is 0.414 e. The number of cyclic esters (lactones) is 1. The zero-order valence-electron chi connectivity index (χ0n) is 10.7. The van der Waals surface area contributed by atoms with Gasteiger partial charge in [-0.05, 0) is 30.3 Å². The minimum absolute atomic E-state index is 0.256. The number of benzene rings is 1. The number of hydrogen-bond donors (Lipinski definition) is 1. The summed E-state index contributed by atoms with van der Waals surface area (Å²) < 4.78 is 20.9. The molecule has 2 aromatic rings. The summed E-state index contributed by atoms with van der Waals surface area (Å²) in [6.45, 7) is 0.601. The van der Waals surface area contributed by atoms with Gasteiger partial charge in [0.2, 0.25) is 0 Å². The number of anilines is 1. The molecule has 2 heterocycles. The second kappa shape index (κ2) is 4.97. The summed E-state index contributed by atoms with van der Waals surface area (Å²) in [5.41, 5.74) is 6.38. The van der Waals surface area contributed by atoms with Gasteiger partial charge in [0.25, 0.3) is 0 Å². The fourth-order valence-electron chi connectivity index (χ4n) is 2.22. The Labute approximate surface area is 115 Å². The van der Waals surface area contributed by atoms with Gasteiger partial charge in [0.05, 0.1) is 17.9 Å². The van der Waals surface area contributed by atoms with E-state index in [0.717, 1.165) is 0 Å². The number of nitrogens with two attached hydrogens (primary N) is 1. The molecule has 3 rings (SSSR count). The lowest BCUT2D eigenvalue weighted by molar-refractivity contribution is 0.145. The van der Waals surface area contributed by atoms with E-state index in [4.69, 9.17) is 10.5 Å². The van der Waals surface area contributed by atoms with Crippen molar-refractivity contribution >= 4 is 11.8 Å². The number of rotatable bonds is 3. The summed E-state index contributed by atoms with van der Waals surface area (Å²) in [5.74, 6) is -0.400. The third-order valence-electron chi connectivity index (χ3n) is 3.26. The van der Waals surface area contributed by atoms with Crippen LogP contribution in [0.3, 0.4) is 0 Å². The van der Waals surface area contributed by atoms with Crippen LogP contribution in [0.2, 0.25) is 0 Å². The number of aromatic nitrogens is 1. The van der Waals surface area contributed by atoms with Crippen molar-refractivity contribution in [2.45, 2.75) is 6.10 Å². The average molecular weight is 275 g/mol. The fraction of sp³-hybridized carbons (Fsp3) is 0.214. The van der Waals surface area contributed by atoms with E-state index in [-0.39, 0.29) is 12.6 Å². The molecule has 1 unspecified atom stereocenters. The molecule has 0 spiro atoms. The van der Waals surface area contributed by atoms with Crippen LogP contribution in [0.5, 0.6) is 0 Å². The number of carbonyl (C=O) groups excluding carboxylic acids is 1. The van der Waals surface area contributed by atoms with Crippen LogP contribution in [0.15, 0.2) is 42.7 Å². The van der Waals surface area contributed by atoms with E-state index in [1.165, 1.54) is 11.0 Å². The van der Waals surface area contributed by atoms with E-state index in [1.54, 1.807) is 29.1 Å². The number of hydrogen-bond acceptors (Lipinski definition) is 3. The van der Waals surface area contributed by atoms with Gasteiger partial charge in [-0.3, -0.25) is 4.90 Å². The highest BCUT2D eigenvalue weighted by Gasteiger charge is 2.31. The second-order valence-corrected chi connectivity index (χ2v) is 4.58. The van der Waals surface area contributed by atoms with Gasteiger partial charge in [0, 0.05) is 18.9 Å².